The zero-order valence-corrected chi connectivity index (χ0v) is 14.8. The van der Waals surface area contributed by atoms with Crippen LogP contribution in [0.5, 0.6) is 5.75 Å². The number of benzene rings is 1. The molecule has 0 saturated carbocycles. The van der Waals surface area contributed by atoms with Gasteiger partial charge < -0.3 is 20.5 Å². The summed E-state index contributed by atoms with van der Waals surface area (Å²) < 4.78 is 10.8. The highest BCUT2D eigenvalue weighted by molar-refractivity contribution is 5.82. The first-order chi connectivity index (χ1) is 11.0. The van der Waals surface area contributed by atoms with Crippen molar-refractivity contribution in [2.45, 2.75) is 40.2 Å². The molecule has 0 aliphatic heterocycles. The van der Waals surface area contributed by atoms with Crippen LogP contribution in [0.25, 0.3) is 0 Å². The Morgan fingerprint density at radius 1 is 1.26 bits per heavy atom. The van der Waals surface area contributed by atoms with Gasteiger partial charge in [0.2, 0.25) is 5.91 Å². The van der Waals surface area contributed by atoms with Crippen LogP contribution < -0.4 is 15.8 Å². The summed E-state index contributed by atoms with van der Waals surface area (Å²) in [6.45, 7) is 7.82. The molecule has 1 aromatic rings. The van der Waals surface area contributed by atoms with Crippen molar-refractivity contribution in [3.63, 3.8) is 0 Å². The molecule has 0 aliphatic rings. The van der Waals surface area contributed by atoms with Crippen LogP contribution in [0.1, 0.15) is 37.8 Å². The normalized spacial score (nSPS) is 11.3. The number of nitrogens with two attached hydrogens (primary N) is 1. The molecule has 1 rings (SSSR count). The Morgan fingerprint density at radius 3 is 2.52 bits per heavy atom. The van der Waals surface area contributed by atoms with Crippen molar-refractivity contribution in [3.05, 3.63) is 29.3 Å². The number of amides is 1. The summed E-state index contributed by atoms with van der Waals surface area (Å²) in [5.41, 5.74) is 7.42. The monoisotopic (exact) mass is 322 g/mol. The molecule has 1 amide bonds. The van der Waals surface area contributed by atoms with Crippen LogP contribution in [0.15, 0.2) is 18.2 Å². The van der Waals surface area contributed by atoms with E-state index in [1.54, 1.807) is 7.11 Å². The molecule has 0 atom stereocenters. The van der Waals surface area contributed by atoms with Gasteiger partial charge >= 0.3 is 0 Å². The summed E-state index contributed by atoms with van der Waals surface area (Å²) in [7, 11) is 1.64. The first-order valence-electron chi connectivity index (χ1n) is 8.22. The van der Waals surface area contributed by atoms with E-state index in [1.165, 1.54) is 0 Å². The minimum atomic E-state index is -0.484. The molecule has 3 N–H and O–H groups in total. The molecule has 130 valence electrons. The zero-order valence-electron chi connectivity index (χ0n) is 14.8. The molecular weight excluding hydrogens is 292 g/mol. The Morgan fingerprint density at radius 2 is 1.96 bits per heavy atom. The van der Waals surface area contributed by atoms with Gasteiger partial charge in [0.25, 0.3) is 0 Å². The van der Waals surface area contributed by atoms with Gasteiger partial charge in [-0.2, -0.15) is 0 Å². The number of methoxy groups -OCH3 is 1. The summed E-state index contributed by atoms with van der Waals surface area (Å²) in [6, 6.07) is 5.98. The molecule has 0 aromatic heterocycles. The predicted molar refractivity (Wildman–Crippen MR) is 92.5 cm³/mol. The van der Waals surface area contributed by atoms with Crippen LogP contribution in [0.4, 0.5) is 0 Å². The lowest BCUT2D eigenvalue weighted by molar-refractivity contribution is -0.131. The molecule has 0 bridgehead atoms. The fourth-order valence-electron chi connectivity index (χ4n) is 2.49. The maximum atomic E-state index is 12.5. The van der Waals surface area contributed by atoms with E-state index in [0.717, 1.165) is 29.7 Å². The number of carbonyl (C=O) groups is 1. The molecule has 0 unspecified atom stereocenters. The molecule has 0 spiro atoms. The third kappa shape index (κ3) is 5.22. The van der Waals surface area contributed by atoms with Crippen molar-refractivity contribution >= 4 is 5.91 Å². The SMILES string of the molecule is CCC(CC)(CN)C(=O)NCc1ccc(C)cc1OCCOC. The van der Waals surface area contributed by atoms with Crippen LogP contribution in [-0.4, -0.2) is 32.8 Å². The highest BCUT2D eigenvalue weighted by Gasteiger charge is 2.33. The van der Waals surface area contributed by atoms with E-state index in [9.17, 15) is 4.79 Å². The highest BCUT2D eigenvalue weighted by Crippen LogP contribution is 2.26. The van der Waals surface area contributed by atoms with Crippen LogP contribution in [0.2, 0.25) is 0 Å². The summed E-state index contributed by atoms with van der Waals surface area (Å²) in [4.78, 5) is 12.5. The molecule has 0 aliphatic carbocycles. The van der Waals surface area contributed by atoms with Crippen molar-refractivity contribution in [3.8, 4) is 5.75 Å². The van der Waals surface area contributed by atoms with Crippen molar-refractivity contribution in [1.29, 1.82) is 0 Å². The highest BCUT2D eigenvalue weighted by atomic mass is 16.5. The molecule has 5 heteroatoms. The number of hydrogen-bond donors (Lipinski definition) is 2. The maximum absolute atomic E-state index is 12.5. The first-order valence-corrected chi connectivity index (χ1v) is 8.22. The van der Waals surface area contributed by atoms with Gasteiger partial charge in [-0.05, 0) is 31.4 Å². The summed E-state index contributed by atoms with van der Waals surface area (Å²) in [5, 5.41) is 3.01. The molecule has 0 radical (unpaired) electrons. The van der Waals surface area contributed by atoms with Gasteiger partial charge in [0.05, 0.1) is 12.0 Å². The van der Waals surface area contributed by atoms with Crippen LogP contribution in [0.3, 0.4) is 0 Å². The van der Waals surface area contributed by atoms with Crippen LogP contribution >= 0.6 is 0 Å². The Balaban J connectivity index is 2.78. The van der Waals surface area contributed by atoms with Crippen molar-refractivity contribution in [2.75, 3.05) is 26.9 Å². The third-order valence-corrected chi connectivity index (χ3v) is 4.43. The summed E-state index contributed by atoms with van der Waals surface area (Å²) in [5.74, 6) is 0.794. The average Bonchev–Trinajstić information content (AvgIpc) is 2.56. The van der Waals surface area contributed by atoms with E-state index in [0.29, 0.717) is 26.3 Å². The second kappa shape index (κ2) is 9.53. The second-order valence-electron chi connectivity index (χ2n) is 5.83. The fourth-order valence-corrected chi connectivity index (χ4v) is 2.49. The standard InChI is InChI=1S/C18H30N2O3/c1-5-18(6-2,13-19)17(21)20-12-15-8-7-14(3)11-16(15)23-10-9-22-4/h7-8,11H,5-6,9-10,12-13,19H2,1-4H3,(H,20,21). The van der Waals surface area contributed by atoms with E-state index < -0.39 is 5.41 Å². The molecule has 0 heterocycles. The number of hydrogen-bond acceptors (Lipinski definition) is 4. The van der Waals surface area contributed by atoms with Gasteiger partial charge in [-0.1, -0.05) is 26.0 Å². The van der Waals surface area contributed by atoms with Crippen molar-refractivity contribution in [2.24, 2.45) is 11.1 Å². The van der Waals surface area contributed by atoms with E-state index in [1.807, 2.05) is 39.0 Å². The Hall–Kier alpha value is -1.59. The number of nitrogens with one attached hydrogen (secondary N) is 1. The Labute approximate surface area is 139 Å². The number of aryl methyl sites for hydroxylation is 1. The molecular formula is C18H30N2O3. The van der Waals surface area contributed by atoms with E-state index >= 15 is 0 Å². The van der Waals surface area contributed by atoms with Crippen LogP contribution in [-0.2, 0) is 16.1 Å². The molecule has 23 heavy (non-hydrogen) atoms. The van der Waals surface area contributed by atoms with Crippen LogP contribution in [0, 0.1) is 12.3 Å². The van der Waals surface area contributed by atoms with E-state index in [2.05, 4.69) is 5.32 Å². The average molecular weight is 322 g/mol. The third-order valence-electron chi connectivity index (χ3n) is 4.43. The largest absolute Gasteiger partial charge is 0.491 e. The number of rotatable bonds is 10. The lowest BCUT2D eigenvalue weighted by atomic mass is 9.81. The number of ether oxygens (including phenoxy) is 2. The summed E-state index contributed by atoms with van der Waals surface area (Å²) >= 11 is 0. The summed E-state index contributed by atoms with van der Waals surface area (Å²) in [6.07, 6.45) is 1.47. The van der Waals surface area contributed by atoms with Gasteiger partial charge in [0.1, 0.15) is 12.4 Å². The van der Waals surface area contributed by atoms with Gasteiger partial charge in [0, 0.05) is 25.8 Å². The lowest BCUT2D eigenvalue weighted by Gasteiger charge is -2.28. The minimum absolute atomic E-state index is 0.00779. The number of carbonyl (C=O) groups excluding carboxylic acids is 1. The maximum Gasteiger partial charge on any atom is 0.227 e. The molecule has 0 fully saturated rings. The van der Waals surface area contributed by atoms with Crippen molar-refractivity contribution < 1.29 is 14.3 Å². The fraction of sp³-hybridized carbons (Fsp3) is 0.611. The van der Waals surface area contributed by atoms with Gasteiger partial charge in [-0.25, -0.2) is 0 Å². The topological polar surface area (TPSA) is 73.6 Å². The Kier molecular flexibility index (Phi) is 8.06. The second-order valence-corrected chi connectivity index (χ2v) is 5.83. The Bertz CT molecular complexity index is 491. The molecule has 0 saturated heterocycles. The minimum Gasteiger partial charge on any atom is -0.491 e. The van der Waals surface area contributed by atoms with Crippen molar-refractivity contribution in [1.82, 2.24) is 5.32 Å². The van der Waals surface area contributed by atoms with E-state index in [4.69, 9.17) is 15.2 Å². The predicted octanol–water partition coefficient (Wildman–Crippen LogP) is 2.40. The quantitative estimate of drug-likeness (QED) is 0.649. The molecule has 1 aromatic carbocycles. The van der Waals surface area contributed by atoms with Gasteiger partial charge in [-0.3, -0.25) is 4.79 Å². The first kappa shape index (κ1) is 19.5. The molecule has 5 nitrogen and oxygen atoms in total. The zero-order chi connectivity index (χ0) is 17.3. The van der Waals surface area contributed by atoms with Gasteiger partial charge in [-0.15, -0.1) is 0 Å². The smallest absolute Gasteiger partial charge is 0.227 e. The van der Waals surface area contributed by atoms with Gasteiger partial charge in [0.15, 0.2) is 0 Å². The lowest BCUT2D eigenvalue weighted by Crippen LogP contribution is -2.45. The van der Waals surface area contributed by atoms with E-state index in [-0.39, 0.29) is 5.91 Å².